The van der Waals surface area contributed by atoms with Crippen molar-refractivity contribution in [3.8, 4) is 0 Å². The van der Waals surface area contributed by atoms with Crippen LogP contribution in [0, 0.1) is 23.7 Å². The van der Waals surface area contributed by atoms with Gasteiger partial charge in [-0.15, -0.1) is 0 Å². The molecule has 0 rings (SSSR count). The van der Waals surface area contributed by atoms with E-state index in [1.807, 2.05) is 0 Å². The number of hydrogen-bond donors (Lipinski definition) is 3. The molecule has 19 heteroatoms. The van der Waals surface area contributed by atoms with Crippen molar-refractivity contribution in [1.29, 1.82) is 0 Å². The van der Waals surface area contributed by atoms with Crippen LogP contribution in [0.15, 0.2) is 0 Å². The van der Waals surface area contributed by atoms with Crippen LogP contribution in [0.2, 0.25) is 0 Å². The van der Waals surface area contributed by atoms with Crippen LogP contribution >= 0.6 is 15.6 Å². The van der Waals surface area contributed by atoms with E-state index in [2.05, 4.69) is 55.4 Å². The summed E-state index contributed by atoms with van der Waals surface area (Å²) in [6.07, 6.45) is 36.5. The fraction of sp³-hybridized carbons (Fsp3) is 0.939. The summed E-state index contributed by atoms with van der Waals surface area (Å²) in [6, 6.07) is 0. The minimum atomic E-state index is -4.95. The van der Waals surface area contributed by atoms with Crippen molar-refractivity contribution in [3.63, 3.8) is 0 Å². The molecular formula is C66H128O17P2. The number of esters is 4. The molecule has 0 saturated heterocycles. The highest BCUT2D eigenvalue weighted by molar-refractivity contribution is 7.47. The van der Waals surface area contributed by atoms with E-state index >= 15 is 0 Å². The fourth-order valence-electron chi connectivity index (χ4n) is 9.78. The van der Waals surface area contributed by atoms with Crippen LogP contribution in [0.5, 0.6) is 0 Å². The topological polar surface area (TPSA) is 237 Å². The van der Waals surface area contributed by atoms with Crippen LogP contribution in [0.25, 0.3) is 0 Å². The van der Waals surface area contributed by atoms with Crippen LogP contribution in [0.4, 0.5) is 0 Å². The van der Waals surface area contributed by atoms with Crippen molar-refractivity contribution < 1.29 is 80.2 Å². The first-order valence-corrected chi connectivity index (χ1v) is 37.2. The highest BCUT2D eigenvalue weighted by atomic mass is 31.2. The smallest absolute Gasteiger partial charge is 0.462 e. The van der Waals surface area contributed by atoms with Gasteiger partial charge in [0.1, 0.15) is 19.3 Å². The van der Waals surface area contributed by atoms with Crippen LogP contribution in [0.1, 0.15) is 319 Å². The molecule has 0 aliphatic heterocycles. The lowest BCUT2D eigenvalue weighted by Crippen LogP contribution is -2.30. The molecule has 0 saturated carbocycles. The summed E-state index contributed by atoms with van der Waals surface area (Å²) < 4.78 is 68.0. The van der Waals surface area contributed by atoms with Gasteiger partial charge in [0.2, 0.25) is 0 Å². The number of phosphoric acid groups is 2. The Bertz CT molecular complexity index is 1700. The van der Waals surface area contributed by atoms with Gasteiger partial charge in [0.15, 0.2) is 12.2 Å². The van der Waals surface area contributed by atoms with E-state index in [0.29, 0.717) is 37.5 Å². The van der Waals surface area contributed by atoms with Crippen LogP contribution < -0.4 is 0 Å². The molecule has 0 spiro atoms. The minimum absolute atomic E-state index is 0.102. The second kappa shape index (κ2) is 56.1. The highest BCUT2D eigenvalue weighted by Gasteiger charge is 2.30. The average Bonchev–Trinajstić information content (AvgIpc) is 3.47. The SMILES string of the molecule is CC(C)CCCCCCCCCCCCCCC(=O)O[C@H](COC(=O)CCCCCCCCC(C)C)COP(=O)(O)OCC(O)COP(=O)(O)OC[C@@H](COC(=O)CCCCCCCCCCC(C)C)OC(=O)CCCCCCCCCC(C)C. The zero-order valence-electron chi connectivity index (χ0n) is 55.2. The van der Waals surface area contributed by atoms with Crippen molar-refractivity contribution >= 4 is 39.5 Å². The van der Waals surface area contributed by atoms with Crippen LogP contribution in [-0.4, -0.2) is 96.7 Å². The zero-order chi connectivity index (χ0) is 63.2. The van der Waals surface area contributed by atoms with E-state index in [9.17, 15) is 43.2 Å². The highest BCUT2D eigenvalue weighted by Crippen LogP contribution is 2.45. The van der Waals surface area contributed by atoms with Gasteiger partial charge in [-0.3, -0.25) is 37.3 Å². The molecule has 0 aromatic rings. The maximum atomic E-state index is 13.0. The first-order valence-electron chi connectivity index (χ1n) is 34.2. The molecule has 504 valence electrons. The predicted octanol–water partition coefficient (Wildman–Crippen LogP) is 18.1. The number of aliphatic hydroxyl groups excluding tert-OH is 1. The molecule has 0 radical (unpaired) electrons. The Labute approximate surface area is 517 Å². The second-order valence-electron chi connectivity index (χ2n) is 25.8. The van der Waals surface area contributed by atoms with Gasteiger partial charge in [0.25, 0.3) is 0 Å². The first-order chi connectivity index (χ1) is 40.6. The fourth-order valence-corrected chi connectivity index (χ4v) is 11.4. The summed E-state index contributed by atoms with van der Waals surface area (Å²) in [7, 11) is -9.89. The summed E-state index contributed by atoms with van der Waals surface area (Å²) in [6.45, 7) is 13.9. The Morgan fingerprint density at radius 1 is 0.294 bits per heavy atom. The first kappa shape index (κ1) is 83.1. The molecule has 0 bridgehead atoms. The van der Waals surface area contributed by atoms with Gasteiger partial charge in [-0.25, -0.2) is 9.13 Å². The van der Waals surface area contributed by atoms with Crippen molar-refractivity contribution in [2.24, 2.45) is 23.7 Å². The Morgan fingerprint density at radius 2 is 0.494 bits per heavy atom. The number of hydrogen-bond acceptors (Lipinski definition) is 15. The summed E-state index contributed by atoms with van der Waals surface area (Å²) in [5, 5.41) is 10.5. The summed E-state index contributed by atoms with van der Waals surface area (Å²) >= 11 is 0. The Balaban J connectivity index is 5.23. The molecule has 0 fully saturated rings. The standard InChI is InChI=1S/C66H128O17P2/c1-56(2)42-34-26-18-13-11-9-10-12-14-22-32-40-48-65(70)82-62(53-77-64(69)47-39-31-25-24-29-37-45-59(7)8)55-81-85(74,75)79-51-60(67)50-78-84(72,73)80-54-61(83-66(71)49-41-33-23-17-20-28-36-44-58(5)6)52-76-63(68)46-38-30-21-16-15-19-27-35-43-57(3)4/h56-62,67H,9-55H2,1-8H3,(H,72,73)(H,74,75)/t60?,61-,62-/m1/s1. The lowest BCUT2D eigenvalue weighted by molar-refractivity contribution is -0.161. The molecule has 0 aromatic carbocycles. The minimum Gasteiger partial charge on any atom is -0.462 e. The Kier molecular flexibility index (Phi) is 54.8. The zero-order valence-corrected chi connectivity index (χ0v) is 57.0. The summed E-state index contributed by atoms with van der Waals surface area (Å²) in [5.74, 6) is 0.739. The molecule has 3 N–H and O–H groups in total. The molecule has 5 atom stereocenters. The molecule has 0 aliphatic carbocycles. The summed E-state index contributed by atoms with van der Waals surface area (Å²) in [5.41, 5.74) is 0. The van der Waals surface area contributed by atoms with E-state index in [1.54, 1.807) is 0 Å². The molecule has 17 nitrogen and oxygen atoms in total. The number of phosphoric ester groups is 2. The molecule has 0 heterocycles. The Hall–Kier alpha value is -1.94. The lowest BCUT2D eigenvalue weighted by atomic mass is 10.0. The van der Waals surface area contributed by atoms with Gasteiger partial charge in [-0.2, -0.15) is 0 Å². The molecular weight excluding hydrogens is 1130 g/mol. The third kappa shape index (κ3) is 60.7. The monoisotopic (exact) mass is 1250 g/mol. The molecule has 0 amide bonds. The average molecular weight is 1260 g/mol. The van der Waals surface area contributed by atoms with E-state index in [-0.39, 0.29) is 25.7 Å². The van der Waals surface area contributed by atoms with Crippen molar-refractivity contribution in [3.05, 3.63) is 0 Å². The van der Waals surface area contributed by atoms with Crippen molar-refractivity contribution in [1.82, 2.24) is 0 Å². The number of carbonyl (C=O) groups excluding carboxylic acids is 4. The summed E-state index contributed by atoms with van der Waals surface area (Å²) in [4.78, 5) is 72.3. The molecule has 0 aliphatic rings. The predicted molar refractivity (Wildman–Crippen MR) is 340 cm³/mol. The second-order valence-corrected chi connectivity index (χ2v) is 28.7. The van der Waals surface area contributed by atoms with Gasteiger partial charge < -0.3 is 33.8 Å². The third-order valence-electron chi connectivity index (χ3n) is 15.1. The number of carbonyl (C=O) groups is 4. The van der Waals surface area contributed by atoms with Crippen LogP contribution in [0.3, 0.4) is 0 Å². The van der Waals surface area contributed by atoms with Gasteiger partial charge in [-0.05, 0) is 49.4 Å². The van der Waals surface area contributed by atoms with Gasteiger partial charge in [-0.1, -0.05) is 267 Å². The van der Waals surface area contributed by atoms with Crippen molar-refractivity contribution in [2.75, 3.05) is 39.6 Å². The van der Waals surface area contributed by atoms with Crippen molar-refractivity contribution in [2.45, 2.75) is 337 Å². The van der Waals surface area contributed by atoms with E-state index in [4.69, 9.17) is 37.0 Å². The van der Waals surface area contributed by atoms with E-state index in [1.165, 1.54) is 116 Å². The van der Waals surface area contributed by atoms with Gasteiger partial charge >= 0.3 is 39.5 Å². The quantitative estimate of drug-likeness (QED) is 0.0222. The number of unbranched alkanes of at least 4 members (excludes halogenated alkanes) is 29. The molecule has 0 aromatic heterocycles. The number of aliphatic hydroxyl groups is 1. The van der Waals surface area contributed by atoms with E-state index < -0.39 is 97.5 Å². The molecule has 3 unspecified atom stereocenters. The largest absolute Gasteiger partial charge is 0.472 e. The number of rotatable bonds is 63. The van der Waals surface area contributed by atoms with Gasteiger partial charge in [0, 0.05) is 25.7 Å². The molecule has 85 heavy (non-hydrogen) atoms. The van der Waals surface area contributed by atoms with Gasteiger partial charge in [0.05, 0.1) is 26.4 Å². The lowest BCUT2D eigenvalue weighted by Gasteiger charge is -2.21. The maximum Gasteiger partial charge on any atom is 0.472 e. The normalized spacial score (nSPS) is 14.4. The number of ether oxygens (including phenoxy) is 4. The van der Waals surface area contributed by atoms with E-state index in [0.717, 1.165) is 108 Å². The van der Waals surface area contributed by atoms with Crippen LogP contribution in [-0.2, 0) is 65.4 Å². The third-order valence-corrected chi connectivity index (χ3v) is 17.0. The maximum absolute atomic E-state index is 13.0. The Morgan fingerprint density at radius 3 is 0.729 bits per heavy atom.